The molecule has 0 radical (unpaired) electrons. The van der Waals surface area contributed by atoms with Crippen molar-refractivity contribution in [3.8, 4) is 11.5 Å². The lowest BCUT2D eigenvalue weighted by Gasteiger charge is -2.33. The minimum Gasteiger partial charge on any atom is -0.497 e. The number of ether oxygens (including phenoxy) is 2. The Bertz CT molecular complexity index is 903. The summed E-state index contributed by atoms with van der Waals surface area (Å²) in [6, 6.07) is 14.9. The number of benzene rings is 2. The van der Waals surface area contributed by atoms with E-state index in [0.717, 1.165) is 17.1 Å². The predicted octanol–water partition coefficient (Wildman–Crippen LogP) is 4.88. The Hall–Kier alpha value is -3.02. The molecule has 0 aliphatic carbocycles. The topological polar surface area (TPSA) is 67.9 Å². The molecule has 0 bridgehead atoms. The average Bonchev–Trinajstić information content (AvgIpc) is 2.76. The Morgan fingerprint density at radius 3 is 2.36 bits per heavy atom. The first-order valence-corrected chi connectivity index (χ1v) is 11.6. The maximum absolute atomic E-state index is 13.3. The lowest BCUT2D eigenvalue weighted by atomic mass is 10.0. The van der Waals surface area contributed by atoms with Gasteiger partial charge in [-0.15, -0.1) is 0 Å². The van der Waals surface area contributed by atoms with Crippen molar-refractivity contribution in [1.82, 2.24) is 10.2 Å². The summed E-state index contributed by atoms with van der Waals surface area (Å²) in [4.78, 5) is 28.0. The summed E-state index contributed by atoms with van der Waals surface area (Å²) in [7, 11) is 1.61. The molecule has 0 spiro atoms. The molecule has 0 unspecified atom stereocenters. The third-order valence-electron chi connectivity index (χ3n) is 5.20. The Labute approximate surface area is 198 Å². The van der Waals surface area contributed by atoms with Crippen LogP contribution in [-0.2, 0) is 16.1 Å². The van der Waals surface area contributed by atoms with Gasteiger partial charge in [0.25, 0.3) is 0 Å². The van der Waals surface area contributed by atoms with Gasteiger partial charge >= 0.3 is 0 Å². The first kappa shape index (κ1) is 26.2. The number of methoxy groups -OCH3 is 1. The van der Waals surface area contributed by atoms with Gasteiger partial charge in [0.1, 0.15) is 17.5 Å². The van der Waals surface area contributed by atoms with Crippen molar-refractivity contribution in [3.63, 3.8) is 0 Å². The van der Waals surface area contributed by atoms with E-state index in [4.69, 9.17) is 9.47 Å². The largest absolute Gasteiger partial charge is 0.497 e. The van der Waals surface area contributed by atoms with E-state index in [-0.39, 0.29) is 17.4 Å². The number of nitrogens with zero attached hydrogens (tertiary/aromatic N) is 1. The summed E-state index contributed by atoms with van der Waals surface area (Å²) < 4.78 is 11.1. The van der Waals surface area contributed by atoms with Crippen molar-refractivity contribution < 1.29 is 19.1 Å². The molecule has 0 aromatic heterocycles. The number of aryl methyl sites for hydroxylation is 1. The zero-order chi connectivity index (χ0) is 24.4. The zero-order valence-corrected chi connectivity index (χ0v) is 20.8. The molecule has 2 aromatic rings. The molecule has 180 valence electrons. The Morgan fingerprint density at radius 2 is 1.76 bits per heavy atom. The van der Waals surface area contributed by atoms with Gasteiger partial charge in [-0.2, -0.15) is 0 Å². The van der Waals surface area contributed by atoms with Crippen LogP contribution in [0.3, 0.4) is 0 Å². The summed E-state index contributed by atoms with van der Waals surface area (Å²) in [5.74, 6) is 1.30. The van der Waals surface area contributed by atoms with E-state index < -0.39 is 6.04 Å². The van der Waals surface area contributed by atoms with Crippen molar-refractivity contribution in [2.24, 2.45) is 0 Å². The third kappa shape index (κ3) is 8.79. The molecule has 0 heterocycles. The molecule has 0 aliphatic rings. The molecule has 1 atom stereocenters. The lowest BCUT2D eigenvalue weighted by Crippen LogP contribution is -2.53. The predicted molar refractivity (Wildman–Crippen MR) is 131 cm³/mol. The maximum atomic E-state index is 13.3. The second-order valence-corrected chi connectivity index (χ2v) is 9.30. The van der Waals surface area contributed by atoms with E-state index in [0.29, 0.717) is 32.4 Å². The van der Waals surface area contributed by atoms with Gasteiger partial charge in [-0.3, -0.25) is 9.59 Å². The number of amides is 2. The molecule has 6 nitrogen and oxygen atoms in total. The highest BCUT2D eigenvalue weighted by Gasteiger charge is 2.30. The highest BCUT2D eigenvalue weighted by Crippen LogP contribution is 2.19. The van der Waals surface area contributed by atoms with Crippen LogP contribution in [0.1, 0.15) is 58.1 Å². The molecule has 0 saturated carbocycles. The number of carbonyl (C=O) groups excluding carboxylic acids is 2. The van der Waals surface area contributed by atoms with Gasteiger partial charge < -0.3 is 19.7 Å². The molecule has 2 rings (SSSR count). The van der Waals surface area contributed by atoms with Crippen LogP contribution in [0.2, 0.25) is 0 Å². The lowest BCUT2D eigenvalue weighted by molar-refractivity contribution is -0.142. The Kier molecular flexibility index (Phi) is 9.76. The Morgan fingerprint density at radius 1 is 1.06 bits per heavy atom. The quantitative estimate of drug-likeness (QED) is 0.491. The van der Waals surface area contributed by atoms with Gasteiger partial charge in [0.2, 0.25) is 11.8 Å². The molecule has 0 saturated heterocycles. The number of nitrogens with one attached hydrogen (secondary N) is 1. The van der Waals surface area contributed by atoms with Crippen molar-refractivity contribution in [1.29, 1.82) is 0 Å². The van der Waals surface area contributed by atoms with Crippen LogP contribution < -0.4 is 14.8 Å². The van der Waals surface area contributed by atoms with Gasteiger partial charge in [0.05, 0.1) is 13.7 Å². The van der Waals surface area contributed by atoms with E-state index in [2.05, 4.69) is 5.32 Å². The molecular formula is C27H38N2O4. The maximum Gasteiger partial charge on any atom is 0.243 e. The van der Waals surface area contributed by atoms with Crippen LogP contribution in [-0.4, -0.2) is 42.0 Å². The fourth-order valence-electron chi connectivity index (χ4n) is 3.53. The SMILES string of the molecule is CC[C@H](C(=O)NC(C)(C)C)N(Cc1cccc(OC)c1)C(=O)CCCOc1ccc(C)cc1. The van der Waals surface area contributed by atoms with Crippen LogP contribution in [0.15, 0.2) is 48.5 Å². The van der Waals surface area contributed by atoms with Gasteiger partial charge in [0, 0.05) is 18.5 Å². The molecular weight excluding hydrogens is 416 g/mol. The van der Waals surface area contributed by atoms with Crippen molar-refractivity contribution in [3.05, 3.63) is 59.7 Å². The number of hydrogen-bond acceptors (Lipinski definition) is 4. The van der Waals surface area contributed by atoms with Crippen molar-refractivity contribution in [2.45, 2.75) is 72.0 Å². The van der Waals surface area contributed by atoms with Crippen LogP contribution in [0.4, 0.5) is 0 Å². The van der Waals surface area contributed by atoms with Crippen molar-refractivity contribution >= 4 is 11.8 Å². The average molecular weight is 455 g/mol. The van der Waals surface area contributed by atoms with E-state index in [9.17, 15) is 9.59 Å². The summed E-state index contributed by atoms with van der Waals surface area (Å²) >= 11 is 0. The van der Waals surface area contributed by atoms with Crippen molar-refractivity contribution in [2.75, 3.05) is 13.7 Å². The zero-order valence-electron chi connectivity index (χ0n) is 20.8. The molecule has 6 heteroatoms. The van der Waals surface area contributed by atoms with Gasteiger partial charge in [-0.1, -0.05) is 36.8 Å². The highest BCUT2D eigenvalue weighted by atomic mass is 16.5. The molecule has 1 N–H and O–H groups in total. The fraction of sp³-hybridized carbons (Fsp3) is 0.481. The van der Waals surface area contributed by atoms with Gasteiger partial charge in [0.15, 0.2) is 0 Å². The number of hydrogen-bond donors (Lipinski definition) is 1. The number of carbonyl (C=O) groups is 2. The highest BCUT2D eigenvalue weighted by molar-refractivity contribution is 5.88. The standard InChI is InChI=1S/C27H38N2O4/c1-7-24(26(31)28-27(3,4)5)29(19-21-10-8-11-23(18-21)32-6)25(30)12-9-17-33-22-15-13-20(2)14-16-22/h8,10-11,13-16,18,24H,7,9,12,17,19H2,1-6H3,(H,28,31)/t24-/m1/s1. The first-order valence-electron chi connectivity index (χ1n) is 11.6. The van der Waals surface area contributed by atoms with Crippen LogP contribution >= 0.6 is 0 Å². The van der Waals surface area contributed by atoms with Gasteiger partial charge in [-0.25, -0.2) is 0 Å². The second-order valence-electron chi connectivity index (χ2n) is 9.30. The summed E-state index contributed by atoms with van der Waals surface area (Å²) in [6.45, 7) is 10.5. The summed E-state index contributed by atoms with van der Waals surface area (Å²) in [5.41, 5.74) is 1.71. The van der Waals surface area contributed by atoms with Crippen LogP contribution in [0, 0.1) is 6.92 Å². The molecule has 33 heavy (non-hydrogen) atoms. The number of rotatable bonds is 11. The van der Waals surface area contributed by atoms with E-state index in [1.54, 1.807) is 12.0 Å². The minimum atomic E-state index is -0.555. The Balaban J connectivity index is 2.10. The van der Waals surface area contributed by atoms with Crippen LogP contribution in [0.5, 0.6) is 11.5 Å². The summed E-state index contributed by atoms with van der Waals surface area (Å²) in [6.07, 6.45) is 1.39. The van der Waals surface area contributed by atoms with E-state index in [1.807, 2.05) is 83.1 Å². The molecule has 2 aromatic carbocycles. The molecule has 0 aliphatic heterocycles. The summed E-state index contributed by atoms with van der Waals surface area (Å²) in [5, 5.41) is 3.02. The smallest absolute Gasteiger partial charge is 0.243 e. The first-order chi connectivity index (χ1) is 15.6. The second kappa shape index (κ2) is 12.3. The van der Waals surface area contributed by atoms with E-state index >= 15 is 0 Å². The van der Waals surface area contributed by atoms with Crippen LogP contribution in [0.25, 0.3) is 0 Å². The molecule has 0 fully saturated rings. The monoisotopic (exact) mass is 454 g/mol. The van der Waals surface area contributed by atoms with E-state index in [1.165, 1.54) is 5.56 Å². The minimum absolute atomic E-state index is 0.0683. The third-order valence-corrected chi connectivity index (χ3v) is 5.20. The molecule has 2 amide bonds. The normalized spacial score (nSPS) is 12.1. The fourth-order valence-corrected chi connectivity index (χ4v) is 3.53. The van der Waals surface area contributed by atoms with Gasteiger partial charge in [-0.05, 0) is 70.4 Å².